The van der Waals surface area contributed by atoms with Gasteiger partial charge in [-0.2, -0.15) is 4.99 Å². The van der Waals surface area contributed by atoms with Gasteiger partial charge in [0.2, 0.25) is 0 Å². The van der Waals surface area contributed by atoms with E-state index in [-0.39, 0.29) is 0 Å². The summed E-state index contributed by atoms with van der Waals surface area (Å²) in [6.45, 7) is 0. The predicted molar refractivity (Wildman–Crippen MR) is 57.0 cm³/mol. The van der Waals surface area contributed by atoms with E-state index in [1.807, 2.05) is 0 Å². The van der Waals surface area contributed by atoms with E-state index in [1.54, 1.807) is 18.3 Å². The van der Waals surface area contributed by atoms with Crippen LogP contribution in [0.4, 0.5) is 0 Å². The smallest absolute Gasteiger partial charge is 0.279 e. The van der Waals surface area contributed by atoms with Gasteiger partial charge in [0, 0.05) is 10.7 Å². The number of aromatic nitrogens is 1. The molecular weight excluding hydrogens is 262 g/mol. The minimum Gasteiger partial charge on any atom is -0.380 e. The van der Waals surface area contributed by atoms with Crippen LogP contribution >= 0.6 is 15.9 Å². The van der Waals surface area contributed by atoms with Crippen LogP contribution < -0.4 is 11.3 Å². The number of aliphatic hydroxyl groups is 1. The van der Waals surface area contributed by atoms with Crippen molar-refractivity contribution in [2.45, 2.75) is 18.4 Å². The third kappa shape index (κ3) is 2.10. The summed E-state index contributed by atoms with van der Waals surface area (Å²) in [5, 5.41) is 9.51. The second-order valence-corrected chi connectivity index (χ2v) is 4.47. The Morgan fingerprint density at radius 3 is 2.93 bits per heavy atom. The molecule has 80 valence electrons. The lowest BCUT2D eigenvalue weighted by Gasteiger charge is -2.02. The molecule has 0 aliphatic heterocycles. The van der Waals surface area contributed by atoms with E-state index in [0.29, 0.717) is 18.3 Å². The van der Waals surface area contributed by atoms with Gasteiger partial charge in [0.15, 0.2) is 5.49 Å². The summed E-state index contributed by atoms with van der Waals surface area (Å²) in [5.41, 5.74) is -0.926. The molecule has 0 saturated heterocycles. The molecule has 1 amide bonds. The van der Waals surface area contributed by atoms with Crippen molar-refractivity contribution in [1.29, 1.82) is 0 Å². The molecule has 0 bridgehead atoms. The van der Waals surface area contributed by atoms with Crippen molar-refractivity contribution in [2.75, 3.05) is 5.84 Å². The first-order valence-electron chi connectivity index (χ1n) is 4.46. The van der Waals surface area contributed by atoms with Crippen LogP contribution in [0.2, 0.25) is 0 Å². The van der Waals surface area contributed by atoms with Gasteiger partial charge >= 0.3 is 0 Å². The van der Waals surface area contributed by atoms with Crippen molar-refractivity contribution in [3.8, 4) is 0 Å². The second-order valence-electron chi connectivity index (χ2n) is 3.56. The Balaban J connectivity index is 2.40. The molecule has 1 aliphatic rings. The molecule has 15 heavy (non-hydrogen) atoms. The fourth-order valence-corrected chi connectivity index (χ4v) is 1.43. The van der Waals surface area contributed by atoms with Crippen LogP contribution in [0.5, 0.6) is 0 Å². The lowest BCUT2D eigenvalue weighted by molar-refractivity contribution is -0.128. The van der Waals surface area contributed by atoms with E-state index in [4.69, 9.17) is 5.84 Å². The highest BCUT2D eigenvalue weighted by molar-refractivity contribution is 9.10. The number of rotatable bonds is 1. The molecule has 0 radical (unpaired) electrons. The van der Waals surface area contributed by atoms with Crippen LogP contribution in [0.25, 0.3) is 0 Å². The van der Waals surface area contributed by atoms with Crippen LogP contribution in [-0.2, 0) is 4.79 Å². The van der Waals surface area contributed by atoms with Crippen LogP contribution in [0.3, 0.4) is 0 Å². The average Bonchev–Trinajstić information content (AvgIpc) is 2.91. The third-order valence-electron chi connectivity index (χ3n) is 2.26. The van der Waals surface area contributed by atoms with Gasteiger partial charge in [-0.15, -0.1) is 0 Å². The van der Waals surface area contributed by atoms with Crippen LogP contribution in [0.1, 0.15) is 12.8 Å². The highest BCUT2D eigenvalue weighted by Crippen LogP contribution is 2.35. The third-order valence-corrected chi connectivity index (χ3v) is 2.76. The number of pyridine rings is 1. The van der Waals surface area contributed by atoms with Crippen LogP contribution in [0, 0.1) is 0 Å². The van der Waals surface area contributed by atoms with Crippen molar-refractivity contribution >= 4 is 21.8 Å². The molecule has 0 aromatic carbocycles. The molecule has 1 heterocycles. The lowest BCUT2D eigenvalue weighted by Crippen LogP contribution is -2.31. The van der Waals surface area contributed by atoms with Gasteiger partial charge in [0.05, 0.1) is 0 Å². The van der Waals surface area contributed by atoms with Gasteiger partial charge < -0.3 is 10.9 Å². The normalized spacial score (nSPS) is 18.9. The van der Waals surface area contributed by atoms with Crippen molar-refractivity contribution in [1.82, 2.24) is 4.68 Å². The Bertz CT molecular complexity index is 476. The SMILES string of the molecule is Nn1ccc(Br)c/c1=N\C(=O)C1(O)CC1. The molecule has 1 fully saturated rings. The maximum Gasteiger partial charge on any atom is 0.279 e. The molecule has 6 heteroatoms. The van der Waals surface area contributed by atoms with E-state index in [2.05, 4.69) is 20.9 Å². The Morgan fingerprint density at radius 1 is 1.67 bits per heavy atom. The summed E-state index contributed by atoms with van der Waals surface area (Å²) >= 11 is 3.25. The van der Waals surface area contributed by atoms with Gasteiger partial charge in [0.25, 0.3) is 5.91 Å². The van der Waals surface area contributed by atoms with Crippen molar-refractivity contribution < 1.29 is 9.90 Å². The molecular formula is C9H10BrN3O2. The molecule has 1 saturated carbocycles. The zero-order valence-corrected chi connectivity index (χ0v) is 9.44. The van der Waals surface area contributed by atoms with E-state index < -0.39 is 11.5 Å². The van der Waals surface area contributed by atoms with Crippen molar-refractivity contribution in [2.24, 2.45) is 4.99 Å². The van der Waals surface area contributed by atoms with Crippen molar-refractivity contribution in [3.05, 3.63) is 28.3 Å². The summed E-state index contributed by atoms with van der Waals surface area (Å²) in [6.07, 6.45) is 2.54. The van der Waals surface area contributed by atoms with E-state index in [0.717, 1.165) is 4.47 Å². The number of halogens is 1. The Kier molecular flexibility index (Phi) is 2.40. The van der Waals surface area contributed by atoms with Gasteiger partial charge in [-0.1, -0.05) is 15.9 Å². The number of nitrogen functional groups attached to an aromatic ring is 1. The summed E-state index contributed by atoms with van der Waals surface area (Å²) in [6, 6.07) is 3.35. The molecule has 0 atom stereocenters. The number of carbonyl (C=O) groups excluding carboxylic acids is 1. The minimum absolute atomic E-state index is 0.315. The molecule has 0 spiro atoms. The van der Waals surface area contributed by atoms with Crippen molar-refractivity contribution in [3.63, 3.8) is 0 Å². The van der Waals surface area contributed by atoms with E-state index in [1.165, 1.54) is 4.68 Å². The van der Waals surface area contributed by atoms with E-state index in [9.17, 15) is 9.90 Å². The first-order valence-corrected chi connectivity index (χ1v) is 5.25. The molecule has 0 unspecified atom stereocenters. The Labute approximate surface area is 94.3 Å². The minimum atomic E-state index is -1.24. The zero-order valence-electron chi connectivity index (χ0n) is 7.85. The number of carbonyl (C=O) groups is 1. The average molecular weight is 272 g/mol. The quantitative estimate of drug-likeness (QED) is 0.701. The van der Waals surface area contributed by atoms with Gasteiger partial charge in [-0.05, 0) is 25.0 Å². The van der Waals surface area contributed by atoms with Gasteiger partial charge in [-0.3, -0.25) is 9.47 Å². The monoisotopic (exact) mass is 271 g/mol. The fraction of sp³-hybridized carbons (Fsp3) is 0.333. The van der Waals surface area contributed by atoms with Gasteiger partial charge in [-0.25, -0.2) is 0 Å². The fourth-order valence-electron chi connectivity index (χ4n) is 1.10. The number of hydrogen-bond donors (Lipinski definition) is 2. The highest BCUT2D eigenvalue weighted by Gasteiger charge is 2.48. The molecule has 2 rings (SSSR count). The van der Waals surface area contributed by atoms with Gasteiger partial charge in [0.1, 0.15) is 5.60 Å². The number of nitrogens with zero attached hydrogens (tertiary/aromatic N) is 2. The summed E-state index contributed by atoms with van der Waals surface area (Å²) in [7, 11) is 0. The maximum absolute atomic E-state index is 11.5. The molecule has 1 aliphatic carbocycles. The largest absolute Gasteiger partial charge is 0.380 e. The Morgan fingerprint density at radius 2 is 2.33 bits per heavy atom. The summed E-state index contributed by atoms with van der Waals surface area (Å²) in [5.74, 6) is 5.04. The standard InChI is InChI=1S/C9H10BrN3O2/c10-6-1-4-13(11)7(5-6)12-8(14)9(15)2-3-9/h1,4-5,15H,2-3,11H2/b12-7+. The molecule has 3 N–H and O–H groups in total. The lowest BCUT2D eigenvalue weighted by atomic mass is 10.3. The van der Waals surface area contributed by atoms with E-state index >= 15 is 0 Å². The summed E-state index contributed by atoms with van der Waals surface area (Å²) < 4.78 is 2.01. The highest BCUT2D eigenvalue weighted by atomic mass is 79.9. The number of nitrogens with two attached hydrogens (primary N) is 1. The molecule has 1 aromatic rings. The van der Waals surface area contributed by atoms with Crippen LogP contribution in [0.15, 0.2) is 27.8 Å². The maximum atomic E-state index is 11.5. The number of hydrogen-bond acceptors (Lipinski definition) is 3. The van der Waals surface area contributed by atoms with Crippen LogP contribution in [-0.4, -0.2) is 21.3 Å². The first-order chi connectivity index (χ1) is 7.01. The first kappa shape index (κ1) is 10.4. The molecule has 5 nitrogen and oxygen atoms in total. The predicted octanol–water partition coefficient (Wildman–Crippen LogP) is -0.0834. The second kappa shape index (κ2) is 3.46. The summed E-state index contributed by atoms with van der Waals surface area (Å²) in [4.78, 5) is 15.2. The molecule has 1 aromatic heterocycles. The number of amides is 1. The Hall–Kier alpha value is -1.14. The zero-order chi connectivity index (χ0) is 11.1. The topological polar surface area (TPSA) is 80.6 Å².